The lowest BCUT2D eigenvalue weighted by Crippen LogP contribution is -2.48. The maximum atomic E-state index is 12.3. The summed E-state index contributed by atoms with van der Waals surface area (Å²) in [5.41, 5.74) is 0. The first-order valence-electron chi connectivity index (χ1n) is 7.75. The minimum Gasteiger partial charge on any atom is -0.464 e. The van der Waals surface area contributed by atoms with E-state index in [-0.39, 0.29) is 17.9 Å². The Morgan fingerprint density at radius 1 is 1.35 bits per heavy atom. The zero-order chi connectivity index (χ0) is 15.0. The van der Waals surface area contributed by atoms with Gasteiger partial charge in [0.2, 0.25) is 5.91 Å². The zero-order valence-corrected chi connectivity index (χ0v) is 13.0. The Morgan fingerprint density at radius 2 is 2.10 bits per heavy atom. The molecule has 1 rings (SSSR count). The van der Waals surface area contributed by atoms with Crippen LogP contribution in [0.3, 0.4) is 0 Å². The summed E-state index contributed by atoms with van der Waals surface area (Å²) in [5, 5.41) is 3.30. The van der Waals surface area contributed by atoms with Crippen LogP contribution in [0.1, 0.15) is 52.9 Å². The van der Waals surface area contributed by atoms with Crippen LogP contribution < -0.4 is 5.32 Å². The highest BCUT2D eigenvalue weighted by Gasteiger charge is 2.32. The minimum atomic E-state index is -0.366. The number of amides is 1. The molecule has 1 fully saturated rings. The molecule has 1 saturated heterocycles. The van der Waals surface area contributed by atoms with Crippen molar-refractivity contribution >= 4 is 11.9 Å². The fraction of sp³-hybridized carbons (Fsp3) is 0.867. The number of carbonyl (C=O) groups is 2. The molecule has 5 nitrogen and oxygen atoms in total. The highest BCUT2D eigenvalue weighted by molar-refractivity contribution is 5.84. The van der Waals surface area contributed by atoms with E-state index in [9.17, 15) is 9.59 Å². The van der Waals surface area contributed by atoms with Gasteiger partial charge in [0.05, 0.1) is 6.61 Å². The zero-order valence-electron chi connectivity index (χ0n) is 13.0. The molecule has 0 aliphatic carbocycles. The predicted molar refractivity (Wildman–Crippen MR) is 78.4 cm³/mol. The third kappa shape index (κ3) is 5.49. The van der Waals surface area contributed by atoms with E-state index in [1.807, 2.05) is 0 Å². The topological polar surface area (TPSA) is 58.6 Å². The molecule has 1 aliphatic rings. The number of piperidine rings is 1. The highest BCUT2D eigenvalue weighted by Crippen LogP contribution is 2.19. The Hall–Kier alpha value is -1.10. The van der Waals surface area contributed by atoms with Crippen LogP contribution in [0, 0.1) is 0 Å². The second-order valence-electron chi connectivity index (χ2n) is 5.56. The second kappa shape index (κ2) is 8.95. The SMILES string of the molecule is CCOC(=O)C1CCCCN1C(=O)CCCNC(C)C. The van der Waals surface area contributed by atoms with E-state index in [1.165, 1.54) is 0 Å². The summed E-state index contributed by atoms with van der Waals surface area (Å²) in [7, 11) is 0. The van der Waals surface area contributed by atoms with Gasteiger partial charge in [0.15, 0.2) is 0 Å². The molecule has 116 valence electrons. The molecule has 1 N–H and O–H groups in total. The van der Waals surface area contributed by atoms with Crippen LogP contribution in [0.25, 0.3) is 0 Å². The molecule has 0 bridgehead atoms. The maximum absolute atomic E-state index is 12.3. The van der Waals surface area contributed by atoms with Gasteiger partial charge >= 0.3 is 5.97 Å². The van der Waals surface area contributed by atoms with Crippen molar-refractivity contribution < 1.29 is 14.3 Å². The average Bonchev–Trinajstić information content (AvgIpc) is 2.43. The van der Waals surface area contributed by atoms with Crippen molar-refractivity contribution in [3.8, 4) is 0 Å². The van der Waals surface area contributed by atoms with Gasteiger partial charge in [-0.15, -0.1) is 0 Å². The van der Waals surface area contributed by atoms with Crippen molar-refractivity contribution in [2.24, 2.45) is 0 Å². The Balaban J connectivity index is 2.43. The van der Waals surface area contributed by atoms with E-state index in [1.54, 1.807) is 11.8 Å². The Labute approximate surface area is 122 Å². The average molecular weight is 284 g/mol. The molecule has 0 aromatic rings. The first-order valence-corrected chi connectivity index (χ1v) is 7.75. The molecule has 0 radical (unpaired) electrons. The Kier molecular flexibility index (Phi) is 7.59. The molecule has 1 unspecified atom stereocenters. The van der Waals surface area contributed by atoms with Crippen molar-refractivity contribution in [1.82, 2.24) is 10.2 Å². The smallest absolute Gasteiger partial charge is 0.328 e. The standard InChI is InChI=1S/C15H28N2O3/c1-4-20-15(19)13-8-5-6-11-17(13)14(18)9-7-10-16-12(2)3/h12-13,16H,4-11H2,1-3H3. The Morgan fingerprint density at radius 3 is 2.75 bits per heavy atom. The summed E-state index contributed by atoms with van der Waals surface area (Å²) in [5.74, 6) is -0.172. The monoisotopic (exact) mass is 284 g/mol. The van der Waals surface area contributed by atoms with Crippen LogP contribution in [-0.4, -0.2) is 48.6 Å². The van der Waals surface area contributed by atoms with Gasteiger partial charge in [0, 0.05) is 19.0 Å². The van der Waals surface area contributed by atoms with Crippen LogP contribution in [0.15, 0.2) is 0 Å². The summed E-state index contributed by atoms with van der Waals surface area (Å²) in [6, 6.07) is 0.0710. The first kappa shape index (κ1) is 17.0. The first-order chi connectivity index (χ1) is 9.56. The van der Waals surface area contributed by atoms with E-state index in [4.69, 9.17) is 4.74 Å². The van der Waals surface area contributed by atoms with Crippen molar-refractivity contribution in [3.05, 3.63) is 0 Å². The van der Waals surface area contributed by atoms with Gasteiger partial charge in [-0.1, -0.05) is 13.8 Å². The number of rotatable bonds is 7. The van der Waals surface area contributed by atoms with Gasteiger partial charge in [0.25, 0.3) is 0 Å². The lowest BCUT2D eigenvalue weighted by molar-refractivity contribution is -0.156. The number of nitrogens with zero attached hydrogens (tertiary/aromatic N) is 1. The molecule has 0 aromatic carbocycles. The molecular formula is C15H28N2O3. The van der Waals surface area contributed by atoms with Crippen LogP contribution in [-0.2, 0) is 14.3 Å². The molecule has 0 aromatic heterocycles. The van der Waals surface area contributed by atoms with Gasteiger partial charge in [-0.2, -0.15) is 0 Å². The normalized spacial score (nSPS) is 19.2. The molecule has 20 heavy (non-hydrogen) atoms. The third-order valence-electron chi connectivity index (χ3n) is 3.50. The molecule has 1 amide bonds. The minimum absolute atomic E-state index is 0.0771. The maximum Gasteiger partial charge on any atom is 0.328 e. The van der Waals surface area contributed by atoms with Crippen LogP contribution >= 0.6 is 0 Å². The third-order valence-corrected chi connectivity index (χ3v) is 3.50. The number of carbonyl (C=O) groups excluding carboxylic acids is 2. The van der Waals surface area contributed by atoms with Crippen molar-refractivity contribution in [2.75, 3.05) is 19.7 Å². The predicted octanol–water partition coefficient (Wildman–Crippen LogP) is 1.71. The van der Waals surface area contributed by atoms with E-state index < -0.39 is 0 Å². The lowest BCUT2D eigenvalue weighted by Gasteiger charge is -2.34. The van der Waals surface area contributed by atoms with Crippen molar-refractivity contribution in [3.63, 3.8) is 0 Å². The van der Waals surface area contributed by atoms with E-state index in [0.29, 0.717) is 25.6 Å². The molecule has 1 atom stereocenters. The van der Waals surface area contributed by atoms with Gasteiger partial charge in [-0.3, -0.25) is 4.79 Å². The summed E-state index contributed by atoms with van der Waals surface area (Å²) in [4.78, 5) is 25.9. The van der Waals surface area contributed by atoms with Gasteiger partial charge in [-0.25, -0.2) is 4.79 Å². The van der Waals surface area contributed by atoms with Crippen molar-refractivity contribution in [1.29, 1.82) is 0 Å². The number of hydrogen-bond donors (Lipinski definition) is 1. The van der Waals surface area contributed by atoms with Gasteiger partial charge < -0.3 is 15.0 Å². The number of ether oxygens (including phenoxy) is 1. The quantitative estimate of drug-likeness (QED) is 0.571. The number of hydrogen-bond acceptors (Lipinski definition) is 4. The van der Waals surface area contributed by atoms with Crippen LogP contribution in [0.4, 0.5) is 0 Å². The van der Waals surface area contributed by atoms with E-state index in [0.717, 1.165) is 32.2 Å². The largest absolute Gasteiger partial charge is 0.464 e. The molecule has 5 heteroatoms. The molecule has 0 saturated carbocycles. The molecule has 0 spiro atoms. The highest BCUT2D eigenvalue weighted by atomic mass is 16.5. The summed E-state index contributed by atoms with van der Waals surface area (Å²) >= 11 is 0. The Bertz CT molecular complexity index is 318. The van der Waals surface area contributed by atoms with E-state index in [2.05, 4.69) is 19.2 Å². The van der Waals surface area contributed by atoms with E-state index >= 15 is 0 Å². The van der Waals surface area contributed by atoms with Crippen LogP contribution in [0.5, 0.6) is 0 Å². The fourth-order valence-electron chi connectivity index (χ4n) is 2.49. The fourth-order valence-corrected chi connectivity index (χ4v) is 2.49. The lowest BCUT2D eigenvalue weighted by atomic mass is 10.0. The van der Waals surface area contributed by atoms with Gasteiger partial charge in [0.1, 0.15) is 6.04 Å². The summed E-state index contributed by atoms with van der Waals surface area (Å²) < 4.78 is 5.07. The molecule has 1 aliphatic heterocycles. The van der Waals surface area contributed by atoms with Crippen LogP contribution in [0.2, 0.25) is 0 Å². The number of nitrogens with one attached hydrogen (secondary N) is 1. The van der Waals surface area contributed by atoms with Crippen molar-refractivity contribution in [2.45, 2.75) is 65.0 Å². The number of likely N-dealkylation sites (tertiary alicyclic amines) is 1. The second-order valence-corrected chi connectivity index (χ2v) is 5.56. The summed E-state index contributed by atoms with van der Waals surface area (Å²) in [6.07, 6.45) is 4.00. The molecular weight excluding hydrogens is 256 g/mol. The molecule has 1 heterocycles. The number of esters is 1. The van der Waals surface area contributed by atoms with Gasteiger partial charge in [-0.05, 0) is 39.2 Å². The summed E-state index contributed by atoms with van der Waals surface area (Å²) in [6.45, 7) is 7.86.